The highest BCUT2D eigenvalue weighted by atomic mass is 32.1. The van der Waals surface area contributed by atoms with Gasteiger partial charge in [-0.1, -0.05) is 44.2 Å². The lowest BCUT2D eigenvalue weighted by Gasteiger charge is -2.29. The Bertz CT molecular complexity index is 1660. The SMILES string of the molecule is CC(=O)NC(CS)C(=O)OC(C)OC(=O)C(Cc1ccc(OC(=O)N2CCC(C(N)=O)CC2)cc1)NC(=O)C(CC(C)C)NC(=O)COc1ccccc1C. The molecular weight excluding hydrogens is 735 g/mol. The molecule has 5 N–H and O–H groups in total. The van der Waals surface area contributed by atoms with Gasteiger partial charge in [0.1, 0.15) is 29.6 Å². The number of nitrogens with one attached hydrogen (secondary N) is 3. The van der Waals surface area contributed by atoms with Gasteiger partial charge in [0.05, 0.1) is 0 Å². The van der Waals surface area contributed by atoms with Crippen LogP contribution in [0.2, 0.25) is 0 Å². The van der Waals surface area contributed by atoms with E-state index >= 15 is 0 Å². The normalized spacial score (nSPS) is 15.1. The summed E-state index contributed by atoms with van der Waals surface area (Å²) >= 11 is 4.06. The molecule has 0 spiro atoms. The van der Waals surface area contributed by atoms with Crippen LogP contribution in [0.4, 0.5) is 4.79 Å². The van der Waals surface area contributed by atoms with Gasteiger partial charge < -0.3 is 45.5 Å². The first-order valence-corrected chi connectivity index (χ1v) is 18.6. The van der Waals surface area contributed by atoms with Crippen LogP contribution in [-0.2, 0) is 44.7 Å². The summed E-state index contributed by atoms with van der Waals surface area (Å²) in [5, 5.41) is 7.76. The third-order valence-electron chi connectivity index (χ3n) is 8.54. The van der Waals surface area contributed by atoms with Crippen molar-refractivity contribution in [2.45, 2.75) is 84.7 Å². The van der Waals surface area contributed by atoms with Gasteiger partial charge in [-0.15, -0.1) is 0 Å². The Hall–Kier alpha value is -5.32. The van der Waals surface area contributed by atoms with Crippen LogP contribution < -0.4 is 31.2 Å². The second kappa shape index (κ2) is 21.5. The molecule has 5 amide bonds. The first-order chi connectivity index (χ1) is 26.1. The number of carbonyl (C=O) groups is 7. The predicted octanol–water partition coefficient (Wildman–Crippen LogP) is 2.20. The molecule has 0 bridgehead atoms. The largest absolute Gasteiger partial charge is 0.484 e. The lowest BCUT2D eigenvalue weighted by Crippen LogP contribution is -2.54. The number of benzene rings is 2. The molecule has 1 fully saturated rings. The summed E-state index contributed by atoms with van der Waals surface area (Å²) < 4.78 is 21.8. The lowest BCUT2D eigenvalue weighted by molar-refractivity contribution is -0.187. The Morgan fingerprint density at radius 2 is 1.47 bits per heavy atom. The summed E-state index contributed by atoms with van der Waals surface area (Å²) in [6.07, 6.45) is -1.00. The van der Waals surface area contributed by atoms with Crippen molar-refractivity contribution in [3.05, 3.63) is 59.7 Å². The van der Waals surface area contributed by atoms with Crippen molar-refractivity contribution in [2.24, 2.45) is 17.6 Å². The fourth-order valence-corrected chi connectivity index (χ4v) is 5.89. The van der Waals surface area contributed by atoms with Crippen LogP contribution in [0.25, 0.3) is 0 Å². The van der Waals surface area contributed by atoms with E-state index in [1.54, 1.807) is 24.3 Å². The summed E-state index contributed by atoms with van der Waals surface area (Å²) in [5.41, 5.74) is 6.75. The number of rotatable bonds is 18. The molecule has 0 aromatic heterocycles. The van der Waals surface area contributed by atoms with Crippen molar-refractivity contribution in [3.8, 4) is 11.5 Å². The number of esters is 2. The maximum Gasteiger partial charge on any atom is 0.415 e. The van der Waals surface area contributed by atoms with E-state index in [1.807, 2.05) is 32.9 Å². The van der Waals surface area contributed by atoms with Crippen LogP contribution in [-0.4, -0.2) is 96.4 Å². The van der Waals surface area contributed by atoms with Crippen molar-refractivity contribution in [1.82, 2.24) is 20.9 Å². The van der Waals surface area contributed by atoms with Crippen molar-refractivity contribution < 1.29 is 52.5 Å². The zero-order valence-electron chi connectivity index (χ0n) is 31.7. The first kappa shape index (κ1) is 44.1. The minimum atomic E-state index is -1.42. The van der Waals surface area contributed by atoms with Gasteiger partial charge in [-0.2, -0.15) is 12.6 Å². The first-order valence-electron chi connectivity index (χ1n) is 18.0. The molecule has 0 radical (unpaired) electrons. The van der Waals surface area contributed by atoms with Gasteiger partial charge in [0.15, 0.2) is 6.61 Å². The molecule has 2 aromatic rings. The van der Waals surface area contributed by atoms with Crippen molar-refractivity contribution in [2.75, 3.05) is 25.4 Å². The number of para-hydroxylation sites is 1. The highest BCUT2D eigenvalue weighted by Gasteiger charge is 2.31. The van der Waals surface area contributed by atoms with Crippen LogP contribution >= 0.6 is 12.6 Å². The molecule has 55 heavy (non-hydrogen) atoms. The topological polar surface area (TPSA) is 222 Å². The van der Waals surface area contributed by atoms with Gasteiger partial charge in [-0.25, -0.2) is 14.4 Å². The van der Waals surface area contributed by atoms with Crippen LogP contribution in [0, 0.1) is 18.8 Å². The van der Waals surface area contributed by atoms with Gasteiger partial charge in [0, 0.05) is 45.0 Å². The number of primary amides is 1. The minimum absolute atomic E-state index is 0.0358. The molecule has 3 rings (SSSR count). The fraction of sp³-hybridized carbons (Fsp3) is 0.500. The zero-order valence-corrected chi connectivity index (χ0v) is 32.6. The molecule has 2 aromatic carbocycles. The molecule has 0 saturated carbocycles. The van der Waals surface area contributed by atoms with Gasteiger partial charge in [0.2, 0.25) is 24.0 Å². The van der Waals surface area contributed by atoms with Crippen LogP contribution in [0.15, 0.2) is 48.5 Å². The average Bonchev–Trinajstić information content (AvgIpc) is 3.13. The van der Waals surface area contributed by atoms with E-state index in [2.05, 4.69) is 28.6 Å². The molecule has 4 atom stereocenters. The van der Waals surface area contributed by atoms with E-state index in [9.17, 15) is 33.6 Å². The second-order valence-electron chi connectivity index (χ2n) is 13.6. The summed E-state index contributed by atoms with van der Waals surface area (Å²) in [5.74, 6) is -3.61. The molecule has 4 unspecified atom stereocenters. The van der Waals surface area contributed by atoms with Gasteiger partial charge in [-0.05, 0) is 61.4 Å². The monoisotopic (exact) mass is 785 g/mol. The number of hydrogen-bond acceptors (Lipinski definition) is 12. The third kappa shape index (κ3) is 14.8. The van der Waals surface area contributed by atoms with Crippen LogP contribution in [0.1, 0.15) is 58.1 Å². The Morgan fingerprint density at radius 1 is 0.855 bits per heavy atom. The Kier molecular flexibility index (Phi) is 17.3. The molecule has 1 aliphatic rings. The van der Waals surface area contributed by atoms with E-state index < -0.39 is 66.1 Å². The van der Waals surface area contributed by atoms with Gasteiger partial charge in [0.25, 0.3) is 5.91 Å². The molecule has 16 nitrogen and oxygen atoms in total. The Balaban J connectivity index is 1.74. The van der Waals surface area contributed by atoms with Gasteiger partial charge in [-0.3, -0.25) is 19.2 Å². The Morgan fingerprint density at radius 3 is 2.04 bits per heavy atom. The third-order valence-corrected chi connectivity index (χ3v) is 8.91. The highest BCUT2D eigenvalue weighted by molar-refractivity contribution is 7.80. The van der Waals surface area contributed by atoms with E-state index in [4.69, 9.17) is 24.7 Å². The maximum absolute atomic E-state index is 13.7. The number of amides is 5. The number of piperidine rings is 1. The van der Waals surface area contributed by atoms with Crippen LogP contribution in [0.3, 0.4) is 0 Å². The summed E-state index contributed by atoms with van der Waals surface area (Å²) in [7, 11) is 0. The number of nitrogens with two attached hydrogens (primary N) is 1. The summed E-state index contributed by atoms with van der Waals surface area (Å²) in [6.45, 7) is 8.39. The molecule has 300 valence electrons. The number of ether oxygens (including phenoxy) is 4. The predicted molar refractivity (Wildman–Crippen MR) is 203 cm³/mol. The van der Waals surface area contributed by atoms with Crippen LogP contribution in [0.5, 0.6) is 11.5 Å². The summed E-state index contributed by atoms with van der Waals surface area (Å²) in [4.78, 5) is 90.0. The number of carbonyl (C=O) groups excluding carboxylic acids is 7. The quantitative estimate of drug-likeness (QED) is 0.0838. The molecule has 0 aliphatic carbocycles. The maximum atomic E-state index is 13.7. The molecule has 1 saturated heterocycles. The number of hydrogen-bond donors (Lipinski definition) is 5. The van der Waals surface area contributed by atoms with E-state index in [0.717, 1.165) is 5.56 Å². The molecular formula is C38H51N5O11S. The van der Waals surface area contributed by atoms with E-state index in [0.29, 0.717) is 37.2 Å². The number of thiol groups is 1. The zero-order chi connectivity index (χ0) is 40.7. The summed E-state index contributed by atoms with van der Waals surface area (Å²) in [6, 6.07) is 9.93. The van der Waals surface area contributed by atoms with Gasteiger partial charge >= 0.3 is 18.0 Å². The Labute approximate surface area is 325 Å². The second-order valence-corrected chi connectivity index (χ2v) is 14.0. The number of nitrogens with zero attached hydrogens (tertiary/aromatic N) is 1. The molecule has 1 aliphatic heterocycles. The highest BCUT2D eigenvalue weighted by Crippen LogP contribution is 2.20. The fourth-order valence-electron chi connectivity index (χ4n) is 5.65. The van der Waals surface area contributed by atoms with Crippen molar-refractivity contribution in [1.29, 1.82) is 0 Å². The molecule has 1 heterocycles. The molecule has 17 heteroatoms. The standard InChI is InChI=1S/C38H51N5O11S/c1-22(2)18-29(41-33(45)20-51-32-9-7-6-8-23(32)3)35(47)42-30(36(48)52-25(5)53-37(49)31(21-55)40-24(4)44)19-26-10-12-28(13-11-26)54-38(50)43-16-14-27(15-17-43)34(39)46/h6-13,22,25,27,29-31,55H,14-21H2,1-5H3,(H2,39,46)(H,40,44)(H,41,45)(H,42,47). The average molecular weight is 786 g/mol. The smallest absolute Gasteiger partial charge is 0.415 e. The van der Waals surface area contributed by atoms with E-state index in [-0.39, 0.29) is 42.8 Å². The number of likely N-dealkylation sites (tertiary alicyclic amines) is 1. The van der Waals surface area contributed by atoms with Crippen molar-refractivity contribution in [3.63, 3.8) is 0 Å². The van der Waals surface area contributed by atoms with Crippen molar-refractivity contribution >= 4 is 54.3 Å². The minimum Gasteiger partial charge on any atom is -0.484 e. The lowest BCUT2D eigenvalue weighted by atomic mass is 9.97. The van der Waals surface area contributed by atoms with E-state index in [1.165, 1.54) is 30.9 Å². The number of aryl methyl sites for hydroxylation is 1.